The fraction of sp³-hybridized carbons (Fsp3) is 0.629. The Hall–Kier alpha value is -3.40. The van der Waals surface area contributed by atoms with Crippen LogP contribution in [-0.2, 0) is 30.3 Å². The maximum absolute atomic E-state index is 18.2. The number of hydrogen-bond donors (Lipinski definition) is 1. The smallest absolute Gasteiger partial charge is 0.306 e. The Morgan fingerprint density at radius 3 is 2.53 bits per heavy atom. The number of aliphatic hydroxyl groups is 1. The van der Waals surface area contributed by atoms with Gasteiger partial charge >= 0.3 is 11.9 Å². The quantitative estimate of drug-likeness (QED) is 0.415. The first-order valence-corrected chi connectivity index (χ1v) is 16.2. The van der Waals surface area contributed by atoms with Crippen molar-refractivity contribution < 1.29 is 33.4 Å². The largest absolute Gasteiger partial charge is 0.457 e. The fourth-order valence-electron chi connectivity index (χ4n) is 9.71. The maximum Gasteiger partial charge on any atom is 0.306 e. The first kappa shape index (κ1) is 31.6. The third kappa shape index (κ3) is 4.30. The number of aliphatic hydroxyl groups excluding tert-OH is 1. The molecule has 45 heavy (non-hydrogen) atoms. The molecule has 0 aromatic carbocycles. The van der Waals surface area contributed by atoms with Crippen LogP contribution in [0, 0.1) is 35.5 Å². The number of nitrogens with zero attached hydrogens (tertiary/aromatic N) is 3. The molecule has 0 aliphatic heterocycles. The molecule has 4 aliphatic carbocycles. The number of carbonyl (C=O) groups excluding carboxylic acids is 3. The number of carbonyl (C=O) groups is 3. The number of esters is 2. The first-order valence-electron chi connectivity index (χ1n) is 16.2. The minimum atomic E-state index is -1.99. The van der Waals surface area contributed by atoms with Crippen molar-refractivity contribution in [2.45, 2.75) is 104 Å². The molecule has 0 spiro atoms. The zero-order chi connectivity index (χ0) is 32.5. The molecule has 8 atom stereocenters. The van der Waals surface area contributed by atoms with E-state index < -0.39 is 64.4 Å². The predicted octanol–water partition coefficient (Wildman–Crippen LogP) is 5.28. The van der Waals surface area contributed by atoms with E-state index in [1.807, 2.05) is 44.5 Å². The van der Waals surface area contributed by atoms with Crippen molar-refractivity contribution in [2.24, 2.45) is 28.6 Å². The van der Waals surface area contributed by atoms with E-state index >= 15 is 4.39 Å². The van der Waals surface area contributed by atoms with Gasteiger partial charge in [0.2, 0.25) is 5.78 Å². The molecule has 0 saturated heterocycles. The van der Waals surface area contributed by atoms with Gasteiger partial charge in [-0.25, -0.2) is 9.07 Å². The van der Waals surface area contributed by atoms with Crippen LogP contribution in [0.1, 0.15) is 90.0 Å². The highest BCUT2D eigenvalue weighted by molar-refractivity contribution is 5.93. The maximum atomic E-state index is 18.2. The van der Waals surface area contributed by atoms with Crippen molar-refractivity contribution in [2.75, 3.05) is 6.61 Å². The number of aryl methyl sites for hydroxylation is 1. The fourth-order valence-corrected chi connectivity index (χ4v) is 9.71. The number of hydrogen-bond acceptors (Lipinski definition) is 8. The van der Waals surface area contributed by atoms with E-state index in [9.17, 15) is 19.5 Å². The van der Waals surface area contributed by atoms with Crippen molar-refractivity contribution in [3.63, 3.8) is 0 Å². The van der Waals surface area contributed by atoms with Crippen LogP contribution < -0.4 is 0 Å². The van der Waals surface area contributed by atoms with Crippen molar-refractivity contribution in [3.8, 4) is 5.69 Å². The Balaban J connectivity index is 1.39. The van der Waals surface area contributed by atoms with E-state index in [4.69, 9.17) is 9.47 Å². The zero-order valence-electron chi connectivity index (χ0n) is 27.1. The molecule has 242 valence electrons. The van der Waals surface area contributed by atoms with Gasteiger partial charge in [0, 0.05) is 41.7 Å². The SMILES string of the molecule is CCC(=O)OCC(=O)C1(OC(=O)CC)[C@@H](C)C[C@H]2[C@@H]3CCC4=Cc5c(cnn5-c5cncc(C)c5)C[C@]4(C)[C@@]3(F)[C@@H](O)C[C@@]21C. The number of pyridine rings is 1. The predicted molar refractivity (Wildman–Crippen MR) is 164 cm³/mol. The van der Waals surface area contributed by atoms with Gasteiger partial charge in [0.1, 0.15) is 5.67 Å². The zero-order valence-corrected chi connectivity index (χ0v) is 27.1. The van der Waals surface area contributed by atoms with Crippen molar-refractivity contribution in [1.82, 2.24) is 14.8 Å². The lowest BCUT2D eigenvalue weighted by Crippen LogP contribution is -2.70. The number of halogens is 1. The van der Waals surface area contributed by atoms with Crippen LogP contribution in [0.15, 0.2) is 30.2 Å². The third-order valence-electron chi connectivity index (χ3n) is 11.9. The molecule has 2 aromatic rings. The second-order valence-electron chi connectivity index (χ2n) is 14.2. The lowest BCUT2D eigenvalue weighted by molar-refractivity contribution is -0.234. The minimum Gasteiger partial charge on any atom is -0.457 e. The minimum absolute atomic E-state index is 0.0527. The number of ether oxygens (including phenoxy) is 2. The molecule has 4 aliphatic rings. The van der Waals surface area contributed by atoms with E-state index in [-0.39, 0.29) is 25.2 Å². The summed E-state index contributed by atoms with van der Waals surface area (Å²) in [6.07, 6.45) is 7.96. The summed E-state index contributed by atoms with van der Waals surface area (Å²) in [4.78, 5) is 43.3. The molecule has 2 aromatic heterocycles. The van der Waals surface area contributed by atoms with Gasteiger partial charge in [0.05, 0.1) is 29.9 Å². The summed E-state index contributed by atoms with van der Waals surface area (Å²) >= 11 is 0. The average Bonchev–Trinajstić information content (AvgIpc) is 3.50. The highest BCUT2D eigenvalue weighted by Crippen LogP contribution is 2.72. The number of rotatable bonds is 7. The Labute approximate surface area is 263 Å². The summed E-state index contributed by atoms with van der Waals surface area (Å²) in [6.45, 7) is 10.4. The number of Topliss-reactive ketones (excluding diaryl/α,β-unsaturated/α-hetero) is 1. The van der Waals surface area contributed by atoms with E-state index in [0.717, 1.165) is 28.1 Å². The second-order valence-corrected chi connectivity index (χ2v) is 14.2. The normalized spacial score (nSPS) is 36.6. The van der Waals surface area contributed by atoms with Crippen LogP contribution in [-0.4, -0.2) is 61.6 Å². The standard InChI is InChI=1S/C35H44FN3O6/c1-7-30(42)44-19-29(41)35(45-31(43)8-2)21(4)12-26-25-10-9-23-13-27-22(17-38-39(27)24-11-20(3)16-37-18-24)14-32(23,5)34(25,36)28(40)15-33(26,35)6/h11,13,16-18,21,25-26,28,40H,7-10,12,14-15,19H2,1-6H3/t21-,25-,26-,28-,32-,33-,34-,35?/m0/s1. The van der Waals surface area contributed by atoms with Crippen LogP contribution in [0.4, 0.5) is 4.39 Å². The summed E-state index contributed by atoms with van der Waals surface area (Å²) in [5.74, 6) is -2.98. The molecular formula is C35H44FN3O6. The van der Waals surface area contributed by atoms with Gasteiger partial charge in [-0.05, 0) is 68.2 Å². The molecule has 10 heteroatoms. The van der Waals surface area contributed by atoms with Gasteiger partial charge in [-0.15, -0.1) is 0 Å². The van der Waals surface area contributed by atoms with Crippen LogP contribution in [0.25, 0.3) is 11.8 Å². The molecular weight excluding hydrogens is 577 g/mol. The summed E-state index contributed by atoms with van der Waals surface area (Å²) in [6, 6.07) is 2.01. The molecule has 3 saturated carbocycles. The molecule has 0 bridgehead atoms. The van der Waals surface area contributed by atoms with E-state index in [1.165, 1.54) is 0 Å². The van der Waals surface area contributed by atoms with E-state index in [2.05, 4.69) is 10.1 Å². The Morgan fingerprint density at radius 1 is 1.11 bits per heavy atom. The summed E-state index contributed by atoms with van der Waals surface area (Å²) in [5, 5.41) is 16.7. The van der Waals surface area contributed by atoms with Gasteiger partial charge in [-0.3, -0.25) is 19.4 Å². The number of fused-ring (bicyclic) bond motifs is 6. The molecule has 0 radical (unpaired) electrons. The Morgan fingerprint density at radius 2 is 1.84 bits per heavy atom. The number of alkyl halides is 1. The van der Waals surface area contributed by atoms with Gasteiger partial charge in [-0.2, -0.15) is 5.10 Å². The monoisotopic (exact) mass is 621 g/mol. The summed E-state index contributed by atoms with van der Waals surface area (Å²) in [5.41, 5.74) is -1.12. The van der Waals surface area contributed by atoms with Crippen molar-refractivity contribution in [1.29, 1.82) is 0 Å². The Kier molecular flexibility index (Phi) is 7.61. The number of allylic oxidation sites excluding steroid dienone is 1. The number of aromatic nitrogens is 3. The molecule has 2 heterocycles. The molecule has 9 nitrogen and oxygen atoms in total. The van der Waals surface area contributed by atoms with Gasteiger partial charge < -0.3 is 14.6 Å². The van der Waals surface area contributed by atoms with Crippen LogP contribution in [0.5, 0.6) is 0 Å². The molecule has 3 fully saturated rings. The average molecular weight is 622 g/mol. The van der Waals surface area contributed by atoms with Crippen LogP contribution >= 0.6 is 0 Å². The third-order valence-corrected chi connectivity index (χ3v) is 11.9. The summed E-state index contributed by atoms with van der Waals surface area (Å²) in [7, 11) is 0. The Bertz CT molecular complexity index is 1590. The van der Waals surface area contributed by atoms with Gasteiger partial charge in [0.25, 0.3) is 0 Å². The highest BCUT2D eigenvalue weighted by Gasteiger charge is 2.77. The number of ketones is 1. The highest BCUT2D eigenvalue weighted by atomic mass is 19.1. The van der Waals surface area contributed by atoms with E-state index in [0.29, 0.717) is 25.7 Å². The van der Waals surface area contributed by atoms with Crippen molar-refractivity contribution >= 4 is 23.8 Å². The lowest BCUT2D eigenvalue weighted by Gasteiger charge is -2.63. The van der Waals surface area contributed by atoms with Gasteiger partial charge in [-0.1, -0.05) is 40.2 Å². The van der Waals surface area contributed by atoms with Gasteiger partial charge in [0.15, 0.2) is 12.2 Å². The molecule has 6 rings (SSSR count). The van der Waals surface area contributed by atoms with E-state index in [1.54, 1.807) is 32.4 Å². The van der Waals surface area contributed by atoms with Crippen molar-refractivity contribution in [3.05, 3.63) is 47.1 Å². The van der Waals surface area contributed by atoms with Crippen LogP contribution in [0.3, 0.4) is 0 Å². The molecule has 1 unspecified atom stereocenters. The molecule has 1 N–H and O–H groups in total. The lowest BCUT2D eigenvalue weighted by atomic mass is 9.43. The van der Waals surface area contributed by atoms with Crippen LogP contribution in [0.2, 0.25) is 0 Å². The topological polar surface area (TPSA) is 121 Å². The first-order chi connectivity index (χ1) is 21.3. The summed E-state index contributed by atoms with van der Waals surface area (Å²) < 4.78 is 31.4. The second kappa shape index (κ2) is 10.9. The molecule has 0 amide bonds.